The summed E-state index contributed by atoms with van der Waals surface area (Å²) in [6.07, 6.45) is 4.63. The molecule has 2 bridgehead atoms. The molecule has 1 aliphatic heterocycles. The van der Waals surface area contributed by atoms with Gasteiger partial charge >= 0.3 is 0 Å². The molecule has 4 fully saturated rings. The molecule has 1 unspecified atom stereocenters. The van der Waals surface area contributed by atoms with Crippen molar-refractivity contribution in [2.24, 2.45) is 5.41 Å². The van der Waals surface area contributed by atoms with E-state index >= 15 is 0 Å². The fourth-order valence-electron chi connectivity index (χ4n) is 6.63. The van der Waals surface area contributed by atoms with Crippen LogP contribution in [0.15, 0.2) is 36.7 Å². The van der Waals surface area contributed by atoms with Gasteiger partial charge in [0.25, 0.3) is 11.8 Å². The van der Waals surface area contributed by atoms with E-state index in [9.17, 15) is 33.1 Å². The van der Waals surface area contributed by atoms with E-state index < -0.39 is 54.2 Å². The smallest absolute Gasteiger partial charge is 0.282 e. The third-order valence-electron chi connectivity index (χ3n) is 9.48. The van der Waals surface area contributed by atoms with Gasteiger partial charge in [0.2, 0.25) is 5.91 Å². The van der Waals surface area contributed by atoms with Crippen LogP contribution in [0.25, 0.3) is 16.9 Å². The van der Waals surface area contributed by atoms with E-state index in [0.717, 1.165) is 0 Å². The summed E-state index contributed by atoms with van der Waals surface area (Å²) in [4.78, 5) is 32.3. The maximum absolute atomic E-state index is 14.5. The number of hydrogen-bond donors (Lipinski definition) is 3. The van der Waals surface area contributed by atoms with Crippen LogP contribution in [-0.4, -0.2) is 79.3 Å². The SMILES string of the molecule is CC(C)(O)C(F)CNC(=O)c1cnc(-c2ccc3cc(C#N)cnn23)cc1NC12CCC(C(=O)N3CC(F)(F)C3)(CC1)CC2. The van der Waals surface area contributed by atoms with Crippen LogP contribution in [0.3, 0.4) is 0 Å². The van der Waals surface area contributed by atoms with E-state index in [-0.39, 0.29) is 11.5 Å². The number of carbonyl (C=O) groups is 2. The summed E-state index contributed by atoms with van der Waals surface area (Å²) < 4.78 is 43.1. The maximum Gasteiger partial charge on any atom is 0.282 e. The van der Waals surface area contributed by atoms with E-state index in [1.807, 2.05) is 12.1 Å². The van der Waals surface area contributed by atoms with Gasteiger partial charge in [0.15, 0.2) is 0 Å². The standard InChI is InChI=1S/C31H34F3N7O3/c1-28(2,44)25(32)16-37-26(42)21-15-36-23(24-4-3-20-11-19(13-35)14-38-41(20)24)12-22(21)39-30-8-5-29(6-9-30,7-10-30)27(43)40-17-31(33,34)18-40/h3-4,11-12,14-15,25,44H,5-10,16-18H2,1-2H3,(H,36,39)(H,37,42). The van der Waals surface area contributed by atoms with Crippen LogP contribution >= 0.6 is 0 Å². The van der Waals surface area contributed by atoms with E-state index in [0.29, 0.717) is 66.7 Å². The second kappa shape index (κ2) is 10.5. The number of nitrogens with zero attached hydrogens (tertiary/aromatic N) is 5. The number of aliphatic hydroxyl groups is 1. The first-order valence-electron chi connectivity index (χ1n) is 14.7. The van der Waals surface area contributed by atoms with Gasteiger partial charge in [-0.15, -0.1) is 0 Å². The number of nitrogens with one attached hydrogen (secondary N) is 2. The molecule has 13 heteroatoms. The topological polar surface area (TPSA) is 136 Å². The largest absolute Gasteiger partial charge is 0.387 e. The number of aromatic nitrogens is 3. The monoisotopic (exact) mass is 609 g/mol. The highest BCUT2D eigenvalue weighted by atomic mass is 19.3. The number of halogens is 3. The molecule has 4 aliphatic rings. The highest BCUT2D eigenvalue weighted by molar-refractivity contribution is 6.00. The van der Waals surface area contributed by atoms with Crippen molar-refractivity contribution in [3.05, 3.63) is 47.8 Å². The third-order valence-corrected chi connectivity index (χ3v) is 9.48. The highest BCUT2D eigenvalue weighted by Crippen LogP contribution is 2.55. The molecule has 7 rings (SSSR count). The lowest BCUT2D eigenvalue weighted by atomic mass is 9.56. The first-order chi connectivity index (χ1) is 20.7. The van der Waals surface area contributed by atoms with E-state index in [4.69, 9.17) is 0 Å². The molecule has 3 aliphatic carbocycles. The minimum absolute atomic E-state index is 0.188. The number of amides is 2. The molecule has 44 heavy (non-hydrogen) atoms. The fourth-order valence-corrected chi connectivity index (χ4v) is 6.63. The van der Waals surface area contributed by atoms with Crippen LogP contribution in [0.5, 0.6) is 0 Å². The van der Waals surface area contributed by atoms with Gasteiger partial charge in [-0.1, -0.05) is 0 Å². The van der Waals surface area contributed by atoms with Crippen LogP contribution in [0.1, 0.15) is 68.3 Å². The lowest BCUT2D eigenvalue weighted by molar-refractivity contribution is -0.180. The van der Waals surface area contributed by atoms with Crippen molar-refractivity contribution < 1.29 is 27.9 Å². The van der Waals surface area contributed by atoms with Gasteiger partial charge in [0.1, 0.15) is 12.2 Å². The van der Waals surface area contributed by atoms with Crippen LogP contribution in [0.2, 0.25) is 0 Å². The Hall–Kier alpha value is -4.18. The zero-order valence-corrected chi connectivity index (χ0v) is 24.5. The van der Waals surface area contributed by atoms with Crippen LogP contribution in [0.4, 0.5) is 18.9 Å². The van der Waals surface area contributed by atoms with Crippen molar-refractivity contribution in [2.45, 2.75) is 75.6 Å². The first-order valence-corrected chi connectivity index (χ1v) is 14.7. The molecule has 3 aromatic rings. The molecule has 1 saturated heterocycles. The number of rotatable bonds is 8. The Balaban J connectivity index is 1.28. The lowest BCUT2D eigenvalue weighted by Gasteiger charge is -2.55. The predicted octanol–water partition coefficient (Wildman–Crippen LogP) is 4.09. The molecule has 3 aromatic heterocycles. The number of hydrogen-bond acceptors (Lipinski definition) is 7. The average molecular weight is 610 g/mol. The summed E-state index contributed by atoms with van der Waals surface area (Å²) in [5.74, 6) is -3.57. The Morgan fingerprint density at radius 1 is 1.11 bits per heavy atom. The molecule has 232 valence electrons. The Kier molecular flexibility index (Phi) is 7.11. The van der Waals surface area contributed by atoms with Gasteiger partial charge in [-0.05, 0) is 76.6 Å². The number of anilines is 1. The van der Waals surface area contributed by atoms with E-state index in [1.165, 1.54) is 31.1 Å². The fraction of sp³-hybridized carbons (Fsp3) is 0.516. The summed E-state index contributed by atoms with van der Waals surface area (Å²) in [7, 11) is 0. The van der Waals surface area contributed by atoms with Crippen molar-refractivity contribution >= 4 is 23.0 Å². The van der Waals surface area contributed by atoms with Crippen molar-refractivity contribution in [2.75, 3.05) is 25.0 Å². The number of carbonyl (C=O) groups excluding carboxylic acids is 2. The molecule has 0 aromatic carbocycles. The van der Waals surface area contributed by atoms with Crippen LogP contribution < -0.4 is 10.6 Å². The molecular formula is C31H34F3N7O3. The van der Waals surface area contributed by atoms with Crippen LogP contribution in [-0.2, 0) is 4.79 Å². The van der Waals surface area contributed by atoms with Gasteiger partial charge in [-0.2, -0.15) is 10.4 Å². The Morgan fingerprint density at radius 2 is 1.80 bits per heavy atom. The molecule has 1 atom stereocenters. The number of likely N-dealkylation sites (tertiary alicyclic amines) is 1. The molecule has 10 nitrogen and oxygen atoms in total. The number of pyridine rings is 1. The van der Waals surface area contributed by atoms with E-state index in [2.05, 4.69) is 26.8 Å². The minimum atomic E-state index is -2.81. The van der Waals surface area contributed by atoms with Gasteiger partial charge in [-0.25, -0.2) is 17.7 Å². The van der Waals surface area contributed by atoms with E-state index in [1.54, 1.807) is 16.6 Å². The van der Waals surface area contributed by atoms with Crippen molar-refractivity contribution in [3.8, 4) is 17.5 Å². The van der Waals surface area contributed by atoms with Crippen molar-refractivity contribution in [1.29, 1.82) is 5.26 Å². The number of fused-ring (bicyclic) bond motifs is 4. The van der Waals surface area contributed by atoms with Crippen LogP contribution in [0, 0.1) is 16.7 Å². The zero-order chi connectivity index (χ0) is 31.5. The Bertz CT molecular complexity index is 1640. The summed E-state index contributed by atoms with van der Waals surface area (Å²) >= 11 is 0. The normalized spacial score (nSPS) is 24.8. The van der Waals surface area contributed by atoms with Crippen molar-refractivity contribution in [1.82, 2.24) is 24.8 Å². The highest BCUT2D eigenvalue weighted by Gasteiger charge is 2.57. The lowest BCUT2D eigenvalue weighted by Crippen LogP contribution is -2.64. The second-order valence-corrected chi connectivity index (χ2v) is 13.1. The maximum atomic E-state index is 14.5. The molecule has 2 amide bonds. The second-order valence-electron chi connectivity index (χ2n) is 13.1. The van der Waals surface area contributed by atoms with Gasteiger partial charge in [-0.3, -0.25) is 14.6 Å². The number of nitriles is 1. The van der Waals surface area contributed by atoms with Gasteiger partial charge in [0.05, 0.1) is 65.2 Å². The molecule has 0 radical (unpaired) electrons. The van der Waals surface area contributed by atoms with Gasteiger partial charge < -0.3 is 20.6 Å². The van der Waals surface area contributed by atoms with Crippen molar-refractivity contribution in [3.63, 3.8) is 0 Å². The third kappa shape index (κ3) is 5.36. The molecule has 0 spiro atoms. The molecule has 3 saturated carbocycles. The van der Waals surface area contributed by atoms with Gasteiger partial charge in [0, 0.05) is 17.2 Å². The number of alkyl halides is 3. The summed E-state index contributed by atoms with van der Waals surface area (Å²) in [5.41, 5.74) is 0.180. The predicted molar refractivity (Wildman–Crippen MR) is 155 cm³/mol. The average Bonchev–Trinajstić information content (AvgIpc) is 3.41. The minimum Gasteiger partial charge on any atom is -0.387 e. The Morgan fingerprint density at radius 3 is 2.41 bits per heavy atom. The first kappa shape index (κ1) is 29.9. The summed E-state index contributed by atoms with van der Waals surface area (Å²) in [6.45, 7) is 1.20. The quantitative estimate of drug-likeness (QED) is 0.350. The molecule has 3 N–H and O–H groups in total. The zero-order valence-electron chi connectivity index (χ0n) is 24.5. The summed E-state index contributed by atoms with van der Waals surface area (Å²) in [5, 5.41) is 29.7. The molecular weight excluding hydrogens is 575 g/mol. The summed E-state index contributed by atoms with van der Waals surface area (Å²) in [6, 6.07) is 9.12. The Labute approximate surface area is 252 Å². The molecule has 4 heterocycles.